The molecule has 0 heterocycles. The number of likely N-dealkylation sites (N-methyl/N-ethyl adjacent to an activating group) is 1. The summed E-state index contributed by atoms with van der Waals surface area (Å²) in [7, 11) is -0.386. The molecule has 148 valence electrons. The van der Waals surface area contributed by atoms with E-state index in [9.17, 15) is 21.6 Å². The van der Waals surface area contributed by atoms with Gasteiger partial charge in [-0.2, -0.15) is 0 Å². The number of nitrogens with one attached hydrogen (secondary N) is 1. The lowest BCUT2D eigenvalue weighted by molar-refractivity contribution is -0.274. The van der Waals surface area contributed by atoms with E-state index in [1.807, 2.05) is 4.90 Å². The van der Waals surface area contributed by atoms with Gasteiger partial charge in [-0.25, -0.2) is 13.1 Å². The predicted molar refractivity (Wildman–Crippen MR) is 96.2 cm³/mol. The Balaban J connectivity index is 2.23. The molecule has 0 spiro atoms. The summed E-state index contributed by atoms with van der Waals surface area (Å²) in [6, 6.07) is 10.1. The highest BCUT2D eigenvalue weighted by Gasteiger charge is 2.31. The van der Waals surface area contributed by atoms with Gasteiger partial charge in [-0.15, -0.1) is 13.2 Å². The second kappa shape index (κ2) is 8.47. The topological polar surface area (TPSA) is 58.6 Å². The minimum Gasteiger partial charge on any atom is -0.406 e. The first-order valence-electron chi connectivity index (χ1n) is 7.74. The highest BCUT2D eigenvalue weighted by atomic mass is 35.5. The molecule has 2 aromatic carbocycles. The molecule has 1 N–H and O–H groups in total. The van der Waals surface area contributed by atoms with Gasteiger partial charge in [-0.1, -0.05) is 23.7 Å². The Bertz CT molecular complexity index is 854. The van der Waals surface area contributed by atoms with Crippen molar-refractivity contribution in [3.63, 3.8) is 0 Å². The van der Waals surface area contributed by atoms with E-state index in [2.05, 4.69) is 9.46 Å². The standard InChI is InChI=1S/C17H18ClF3N2O3S/c1-23(2)11-16(12-3-5-13(18)6-4-12)22-27(24,25)15-9-7-14(8-10-15)26-17(19,20)21/h3-10,16,22H,11H2,1-2H3. The summed E-state index contributed by atoms with van der Waals surface area (Å²) >= 11 is 5.87. The van der Waals surface area contributed by atoms with Crippen LogP contribution in [0, 0.1) is 0 Å². The number of halogens is 4. The second-order valence-corrected chi connectivity index (χ2v) is 8.16. The SMILES string of the molecule is CN(C)CC(NS(=O)(=O)c1ccc(OC(F)(F)F)cc1)c1ccc(Cl)cc1. The summed E-state index contributed by atoms with van der Waals surface area (Å²) in [6.45, 7) is 0.371. The monoisotopic (exact) mass is 422 g/mol. The van der Waals surface area contributed by atoms with E-state index < -0.39 is 28.2 Å². The average molecular weight is 423 g/mol. The first-order chi connectivity index (χ1) is 12.5. The molecule has 1 unspecified atom stereocenters. The molecular weight excluding hydrogens is 405 g/mol. The van der Waals surface area contributed by atoms with Gasteiger partial charge in [-0.05, 0) is 56.1 Å². The van der Waals surface area contributed by atoms with Crippen LogP contribution in [0.2, 0.25) is 5.02 Å². The third-order valence-corrected chi connectivity index (χ3v) is 5.22. The molecule has 0 aliphatic rings. The van der Waals surface area contributed by atoms with E-state index in [1.165, 1.54) is 0 Å². The van der Waals surface area contributed by atoms with Crippen molar-refractivity contribution in [1.29, 1.82) is 0 Å². The van der Waals surface area contributed by atoms with Crippen molar-refractivity contribution in [3.8, 4) is 5.75 Å². The molecule has 2 aromatic rings. The van der Waals surface area contributed by atoms with Crippen LogP contribution in [0.15, 0.2) is 53.4 Å². The molecular formula is C17H18ClF3N2O3S. The van der Waals surface area contributed by atoms with Crippen LogP contribution in [0.4, 0.5) is 13.2 Å². The zero-order valence-corrected chi connectivity index (χ0v) is 16.1. The summed E-state index contributed by atoms with van der Waals surface area (Å²) in [4.78, 5) is 1.64. The zero-order valence-electron chi connectivity index (χ0n) is 14.5. The summed E-state index contributed by atoms with van der Waals surface area (Å²) in [6.07, 6.45) is -4.84. The number of benzene rings is 2. The Morgan fingerprint density at radius 2 is 1.63 bits per heavy atom. The number of rotatable bonds is 7. The molecule has 0 saturated carbocycles. The lowest BCUT2D eigenvalue weighted by Crippen LogP contribution is -2.35. The maximum Gasteiger partial charge on any atom is 0.573 e. The van der Waals surface area contributed by atoms with Gasteiger partial charge in [0.15, 0.2) is 0 Å². The van der Waals surface area contributed by atoms with E-state index in [4.69, 9.17) is 11.6 Å². The maximum atomic E-state index is 12.6. The van der Waals surface area contributed by atoms with Gasteiger partial charge in [0.05, 0.1) is 10.9 Å². The fraction of sp³-hybridized carbons (Fsp3) is 0.294. The minimum atomic E-state index is -4.84. The number of alkyl halides is 3. The van der Waals surface area contributed by atoms with Crippen LogP contribution in [0.1, 0.15) is 11.6 Å². The minimum absolute atomic E-state index is 0.172. The van der Waals surface area contributed by atoms with E-state index >= 15 is 0 Å². The normalized spacial score (nSPS) is 13.6. The summed E-state index contributed by atoms with van der Waals surface area (Å²) < 4.78 is 68.3. The smallest absolute Gasteiger partial charge is 0.406 e. The molecule has 0 fully saturated rings. The van der Waals surface area contributed by atoms with Crippen molar-refractivity contribution in [2.75, 3.05) is 20.6 Å². The Labute approximate surface area is 160 Å². The first-order valence-corrected chi connectivity index (χ1v) is 9.61. The number of hydrogen-bond acceptors (Lipinski definition) is 4. The Morgan fingerprint density at radius 3 is 2.11 bits per heavy atom. The van der Waals surface area contributed by atoms with E-state index in [0.717, 1.165) is 24.3 Å². The van der Waals surface area contributed by atoms with E-state index in [-0.39, 0.29) is 4.90 Å². The van der Waals surface area contributed by atoms with Gasteiger partial charge in [0.25, 0.3) is 0 Å². The van der Waals surface area contributed by atoms with Crippen LogP contribution in [0.5, 0.6) is 5.75 Å². The molecule has 0 amide bonds. The van der Waals surface area contributed by atoms with Crippen LogP contribution >= 0.6 is 11.6 Å². The molecule has 10 heteroatoms. The molecule has 0 aliphatic heterocycles. The van der Waals surface area contributed by atoms with Crippen LogP contribution in [0.3, 0.4) is 0 Å². The Kier molecular flexibility index (Phi) is 6.74. The largest absolute Gasteiger partial charge is 0.573 e. The van der Waals surface area contributed by atoms with Gasteiger partial charge < -0.3 is 9.64 Å². The maximum absolute atomic E-state index is 12.6. The number of nitrogens with zero attached hydrogens (tertiary/aromatic N) is 1. The van der Waals surface area contributed by atoms with Gasteiger partial charge in [0, 0.05) is 11.6 Å². The lowest BCUT2D eigenvalue weighted by atomic mass is 10.1. The molecule has 0 aliphatic carbocycles. The molecule has 0 aromatic heterocycles. The van der Waals surface area contributed by atoms with Gasteiger partial charge in [0.2, 0.25) is 10.0 Å². The van der Waals surface area contributed by atoms with Crippen LogP contribution in [-0.4, -0.2) is 40.3 Å². The molecule has 0 bridgehead atoms. The predicted octanol–water partition coefficient (Wildman–Crippen LogP) is 3.82. The van der Waals surface area contributed by atoms with E-state index in [0.29, 0.717) is 17.1 Å². The van der Waals surface area contributed by atoms with Crippen molar-refractivity contribution in [2.24, 2.45) is 0 Å². The molecule has 2 rings (SSSR count). The van der Waals surface area contributed by atoms with Gasteiger partial charge in [0.1, 0.15) is 5.75 Å². The highest BCUT2D eigenvalue weighted by molar-refractivity contribution is 7.89. The van der Waals surface area contributed by atoms with Gasteiger partial charge >= 0.3 is 6.36 Å². The van der Waals surface area contributed by atoms with Crippen molar-refractivity contribution < 1.29 is 26.3 Å². The number of ether oxygens (including phenoxy) is 1. The highest BCUT2D eigenvalue weighted by Crippen LogP contribution is 2.25. The van der Waals surface area contributed by atoms with Crippen molar-refractivity contribution in [3.05, 3.63) is 59.1 Å². The fourth-order valence-corrected chi connectivity index (χ4v) is 3.69. The molecule has 27 heavy (non-hydrogen) atoms. The Hall–Kier alpha value is -1.81. The van der Waals surface area contributed by atoms with Crippen LogP contribution < -0.4 is 9.46 Å². The Morgan fingerprint density at radius 1 is 1.07 bits per heavy atom. The summed E-state index contributed by atoms with van der Waals surface area (Å²) in [5.41, 5.74) is 0.702. The van der Waals surface area contributed by atoms with Crippen LogP contribution in [0.25, 0.3) is 0 Å². The number of hydrogen-bond donors (Lipinski definition) is 1. The van der Waals surface area contributed by atoms with Gasteiger partial charge in [-0.3, -0.25) is 0 Å². The lowest BCUT2D eigenvalue weighted by Gasteiger charge is -2.23. The number of sulfonamides is 1. The summed E-state index contributed by atoms with van der Waals surface area (Å²) in [5, 5.41) is 0.519. The summed E-state index contributed by atoms with van der Waals surface area (Å²) in [5.74, 6) is -0.496. The third-order valence-electron chi connectivity index (χ3n) is 3.49. The first kappa shape index (κ1) is 21.5. The molecule has 0 saturated heterocycles. The molecule has 0 radical (unpaired) electrons. The van der Waals surface area contributed by atoms with Crippen LogP contribution in [-0.2, 0) is 10.0 Å². The molecule has 5 nitrogen and oxygen atoms in total. The van der Waals surface area contributed by atoms with Crippen molar-refractivity contribution in [1.82, 2.24) is 9.62 Å². The second-order valence-electron chi connectivity index (χ2n) is 6.01. The van der Waals surface area contributed by atoms with Crippen molar-refractivity contribution >= 4 is 21.6 Å². The van der Waals surface area contributed by atoms with E-state index in [1.54, 1.807) is 38.4 Å². The van der Waals surface area contributed by atoms with Crippen molar-refractivity contribution in [2.45, 2.75) is 17.3 Å². The zero-order chi connectivity index (χ0) is 20.2. The quantitative estimate of drug-likeness (QED) is 0.737. The average Bonchev–Trinajstić information content (AvgIpc) is 2.53. The third kappa shape index (κ3) is 6.69. The molecule has 1 atom stereocenters. The fourth-order valence-electron chi connectivity index (χ4n) is 2.35.